The molecule has 0 aliphatic carbocycles. The molecule has 174 valence electrons. The van der Waals surface area contributed by atoms with Gasteiger partial charge < -0.3 is 14.8 Å². The minimum absolute atomic E-state index is 0.0823. The van der Waals surface area contributed by atoms with E-state index >= 15 is 0 Å². The number of aryl methyl sites for hydroxylation is 2. The lowest BCUT2D eigenvalue weighted by Crippen LogP contribution is -2.45. The predicted octanol–water partition coefficient (Wildman–Crippen LogP) is 3.16. The van der Waals surface area contributed by atoms with E-state index in [1.54, 1.807) is 38.5 Å². The lowest BCUT2D eigenvalue weighted by molar-refractivity contribution is -0.126. The van der Waals surface area contributed by atoms with Gasteiger partial charge in [-0.25, -0.2) is 8.42 Å². The van der Waals surface area contributed by atoms with E-state index in [9.17, 15) is 13.2 Å². The van der Waals surface area contributed by atoms with E-state index < -0.39 is 10.0 Å². The van der Waals surface area contributed by atoms with Crippen molar-refractivity contribution >= 4 is 15.9 Å². The molecular formula is C24H32N2O5S. The molecule has 1 N–H and O–H groups in total. The number of sulfonamides is 1. The van der Waals surface area contributed by atoms with E-state index in [2.05, 4.69) is 5.32 Å². The number of carbonyl (C=O) groups excluding carboxylic acids is 1. The number of carbonyl (C=O) groups is 1. The van der Waals surface area contributed by atoms with Gasteiger partial charge in [-0.1, -0.05) is 23.8 Å². The summed E-state index contributed by atoms with van der Waals surface area (Å²) in [5.41, 5.74) is 2.11. The average molecular weight is 461 g/mol. The van der Waals surface area contributed by atoms with Crippen molar-refractivity contribution in [1.82, 2.24) is 9.62 Å². The van der Waals surface area contributed by atoms with Crippen LogP contribution in [0.25, 0.3) is 0 Å². The number of rotatable bonds is 9. The lowest BCUT2D eigenvalue weighted by atomic mass is 9.99. The fourth-order valence-electron chi connectivity index (χ4n) is 3.92. The molecule has 8 heteroatoms. The molecule has 2 aromatic carbocycles. The minimum atomic E-state index is -3.59. The fourth-order valence-corrected chi connectivity index (χ4v) is 5.44. The molecule has 1 fully saturated rings. The Balaban J connectivity index is 1.50. The number of benzene rings is 2. The van der Waals surface area contributed by atoms with Crippen LogP contribution in [0.3, 0.4) is 0 Å². The first-order valence-corrected chi connectivity index (χ1v) is 12.3. The number of ether oxygens (including phenoxy) is 2. The first kappa shape index (κ1) is 24.1. The second kappa shape index (κ2) is 10.8. The molecule has 0 bridgehead atoms. The molecule has 1 heterocycles. The number of methoxy groups -OCH3 is 2. The summed E-state index contributed by atoms with van der Waals surface area (Å²) < 4.78 is 37.9. The van der Waals surface area contributed by atoms with E-state index in [0.29, 0.717) is 37.4 Å². The lowest BCUT2D eigenvalue weighted by Gasteiger charge is -2.31. The van der Waals surface area contributed by atoms with Crippen molar-refractivity contribution in [3.63, 3.8) is 0 Å². The highest BCUT2D eigenvalue weighted by Crippen LogP contribution is 2.28. The Bertz CT molecular complexity index is 1020. The Morgan fingerprint density at radius 3 is 2.50 bits per heavy atom. The van der Waals surface area contributed by atoms with Gasteiger partial charge in [-0.05, 0) is 62.4 Å². The number of amides is 1. The zero-order chi connectivity index (χ0) is 23.1. The smallest absolute Gasteiger partial charge is 0.243 e. The molecule has 1 saturated heterocycles. The summed E-state index contributed by atoms with van der Waals surface area (Å²) in [6.07, 6.45) is 2.94. The Hall–Kier alpha value is -2.58. The van der Waals surface area contributed by atoms with Crippen LogP contribution in [0.15, 0.2) is 47.4 Å². The largest absolute Gasteiger partial charge is 0.493 e. The molecule has 0 saturated carbocycles. The van der Waals surface area contributed by atoms with Gasteiger partial charge in [0.1, 0.15) is 0 Å². The van der Waals surface area contributed by atoms with Gasteiger partial charge in [0.25, 0.3) is 0 Å². The van der Waals surface area contributed by atoms with Crippen LogP contribution in [-0.2, 0) is 21.2 Å². The molecular weight excluding hydrogens is 428 g/mol. The monoisotopic (exact) mass is 460 g/mol. The molecule has 1 atom stereocenters. The molecule has 0 spiro atoms. The highest BCUT2D eigenvalue weighted by molar-refractivity contribution is 7.89. The van der Waals surface area contributed by atoms with Gasteiger partial charge in [0.2, 0.25) is 15.9 Å². The summed E-state index contributed by atoms with van der Waals surface area (Å²) in [4.78, 5) is 13.0. The molecule has 1 aliphatic heterocycles. The normalized spacial score (nSPS) is 17.0. The third-order valence-electron chi connectivity index (χ3n) is 5.80. The van der Waals surface area contributed by atoms with Crippen LogP contribution in [0.2, 0.25) is 0 Å². The number of nitrogens with zero attached hydrogens (tertiary/aromatic N) is 1. The minimum Gasteiger partial charge on any atom is -0.493 e. The zero-order valence-electron chi connectivity index (χ0n) is 19.0. The number of hydrogen-bond acceptors (Lipinski definition) is 5. The second-order valence-corrected chi connectivity index (χ2v) is 10.0. The summed E-state index contributed by atoms with van der Waals surface area (Å²) in [5, 5.41) is 2.98. The Labute approximate surface area is 190 Å². The SMILES string of the molecule is COc1ccc(CCCNC(=O)[C@@H]2CCCN(S(=O)(=O)c3ccc(C)cc3)C2)cc1OC. The predicted molar refractivity (Wildman–Crippen MR) is 124 cm³/mol. The van der Waals surface area contributed by atoms with E-state index in [4.69, 9.17) is 9.47 Å². The number of hydrogen-bond donors (Lipinski definition) is 1. The van der Waals surface area contributed by atoms with Gasteiger partial charge in [0, 0.05) is 19.6 Å². The Morgan fingerprint density at radius 1 is 1.09 bits per heavy atom. The van der Waals surface area contributed by atoms with Gasteiger partial charge >= 0.3 is 0 Å². The highest BCUT2D eigenvalue weighted by Gasteiger charge is 2.33. The van der Waals surface area contributed by atoms with Gasteiger partial charge in [0.15, 0.2) is 11.5 Å². The van der Waals surface area contributed by atoms with Gasteiger partial charge in [-0.15, -0.1) is 0 Å². The standard InChI is InChI=1S/C24H32N2O5S/c1-18-8-11-21(12-9-18)32(28,29)26-15-5-7-20(17-26)24(27)25-14-4-6-19-10-13-22(30-2)23(16-19)31-3/h8-13,16,20H,4-7,14-15,17H2,1-3H3,(H,25,27)/t20-/m1/s1. The third kappa shape index (κ3) is 5.81. The Morgan fingerprint density at radius 2 is 1.81 bits per heavy atom. The number of piperidine rings is 1. The maximum absolute atomic E-state index is 13.0. The van der Waals surface area contributed by atoms with Crippen LogP contribution in [0.5, 0.6) is 11.5 Å². The summed E-state index contributed by atoms with van der Waals surface area (Å²) in [7, 11) is -0.379. The van der Waals surface area contributed by atoms with Crippen molar-refractivity contribution < 1.29 is 22.7 Å². The quantitative estimate of drug-likeness (QED) is 0.581. The zero-order valence-corrected chi connectivity index (χ0v) is 19.8. The van der Waals surface area contributed by atoms with Crippen LogP contribution in [-0.4, -0.2) is 52.5 Å². The number of nitrogens with one attached hydrogen (secondary N) is 1. The molecule has 0 aromatic heterocycles. The maximum Gasteiger partial charge on any atom is 0.243 e. The highest BCUT2D eigenvalue weighted by atomic mass is 32.2. The van der Waals surface area contributed by atoms with Crippen LogP contribution >= 0.6 is 0 Å². The van der Waals surface area contributed by atoms with E-state index in [0.717, 1.165) is 24.0 Å². The average Bonchev–Trinajstić information content (AvgIpc) is 2.81. The van der Waals surface area contributed by atoms with Crippen LogP contribution < -0.4 is 14.8 Å². The third-order valence-corrected chi connectivity index (χ3v) is 7.68. The van der Waals surface area contributed by atoms with Crippen molar-refractivity contribution in [2.75, 3.05) is 33.9 Å². The summed E-state index contributed by atoms with van der Waals surface area (Å²) in [6, 6.07) is 12.6. The van der Waals surface area contributed by atoms with Crippen molar-refractivity contribution in [2.45, 2.75) is 37.5 Å². The molecule has 0 radical (unpaired) electrons. The maximum atomic E-state index is 13.0. The summed E-state index contributed by atoms with van der Waals surface area (Å²) in [6.45, 7) is 3.12. The van der Waals surface area contributed by atoms with E-state index in [-0.39, 0.29) is 23.3 Å². The van der Waals surface area contributed by atoms with Crippen LogP contribution in [0.1, 0.15) is 30.4 Å². The first-order valence-electron chi connectivity index (χ1n) is 10.9. The topological polar surface area (TPSA) is 84.9 Å². The second-order valence-electron chi connectivity index (χ2n) is 8.10. The summed E-state index contributed by atoms with van der Waals surface area (Å²) in [5.74, 6) is 0.962. The molecule has 3 rings (SSSR count). The van der Waals surface area contributed by atoms with Gasteiger partial charge in [0.05, 0.1) is 25.0 Å². The van der Waals surface area contributed by atoms with Crippen LogP contribution in [0, 0.1) is 12.8 Å². The molecule has 7 nitrogen and oxygen atoms in total. The van der Waals surface area contributed by atoms with Crippen molar-refractivity contribution in [2.24, 2.45) is 5.92 Å². The van der Waals surface area contributed by atoms with Crippen molar-refractivity contribution in [3.8, 4) is 11.5 Å². The van der Waals surface area contributed by atoms with Gasteiger partial charge in [-0.2, -0.15) is 4.31 Å². The molecule has 0 unspecified atom stereocenters. The van der Waals surface area contributed by atoms with E-state index in [1.165, 1.54) is 4.31 Å². The van der Waals surface area contributed by atoms with Crippen molar-refractivity contribution in [3.05, 3.63) is 53.6 Å². The molecule has 32 heavy (non-hydrogen) atoms. The first-order chi connectivity index (χ1) is 15.3. The fraction of sp³-hybridized carbons (Fsp3) is 0.458. The molecule has 1 amide bonds. The van der Waals surface area contributed by atoms with E-state index in [1.807, 2.05) is 25.1 Å². The van der Waals surface area contributed by atoms with Gasteiger partial charge in [-0.3, -0.25) is 4.79 Å². The summed E-state index contributed by atoms with van der Waals surface area (Å²) >= 11 is 0. The molecule has 2 aromatic rings. The van der Waals surface area contributed by atoms with Crippen molar-refractivity contribution in [1.29, 1.82) is 0 Å². The Kier molecular flexibility index (Phi) is 8.15. The molecule has 1 aliphatic rings. The van der Waals surface area contributed by atoms with Crippen LogP contribution in [0.4, 0.5) is 0 Å².